The number of anilines is 4. The molecule has 0 aliphatic rings. The number of hydrogen-bond acceptors (Lipinski definition) is 14. The summed E-state index contributed by atoms with van der Waals surface area (Å²) in [5.41, 5.74) is 5.71. The van der Waals surface area contributed by atoms with Gasteiger partial charge in [-0.25, -0.2) is 29.9 Å². The first-order valence-electron chi connectivity index (χ1n) is 17.1. The first kappa shape index (κ1) is 36.4. The van der Waals surface area contributed by atoms with Crippen molar-refractivity contribution in [3.05, 3.63) is 162 Å². The standard InChI is InChI=1S/C24H23N5.C15H14N8O2/c1-3-9-19(10-4-1)17-21-18-28-24(29-23(21)20-11-5-2-6-12-20)27-16-15-26-22-13-7-8-14-25-22;24-23(25)11-1-2-14(21-9-11)18-7-8-20-15-19-4-3-12(22-15)13-10-16-5-6-17-13/h1-14,18H,15-17H2,(H,25,26)(H,27,28,29);1-6,9-10H,7-8H2,(H,18,21)(H,19,20,22). The number of rotatable bonds is 15. The molecule has 0 fully saturated rings. The van der Waals surface area contributed by atoms with Gasteiger partial charge in [-0.1, -0.05) is 66.7 Å². The van der Waals surface area contributed by atoms with Crippen LogP contribution in [0.3, 0.4) is 0 Å². The van der Waals surface area contributed by atoms with Crippen molar-refractivity contribution in [2.45, 2.75) is 6.42 Å². The Hall–Kier alpha value is -7.42. The van der Waals surface area contributed by atoms with Crippen LogP contribution in [0.2, 0.25) is 0 Å². The molecule has 15 nitrogen and oxygen atoms in total. The number of benzene rings is 2. The molecule has 5 heterocycles. The molecule has 0 aliphatic carbocycles. The summed E-state index contributed by atoms with van der Waals surface area (Å²) in [6.07, 6.45) is 12.2. The second kappa shape index (κ2) is 19.3. The normalized spacial score (nSPS) is 10.4. The fourth-order valence-electron chi connectivity index (χ4n) is 5.10. The Morgan fingerprint density at radius 2 is 1.24 bits per heavy atom. The van der Waals surface area contributed by atoms with Gasteiger partial charge in [0.25, 0.3) is 5.69 Å². The number of nitrogens with zero attached hydrogens (tertiary/aromatic N) is 9. The summed E-state index contributed by atoms with van der Waals surface area (Å²) < 4.78 is 0. The molecule has 0 amide bonds. The number of nitro groups is 1. The zero-order valence-corrected chi connectivity index (χ0v) is 29.2. The molecular weight excluding hydrogens is 683 g/mol. The van der Waals surface area contributed by atoms with E-state index in [9.17, 15) is 10.1 Å². The van der Waals surface area contributed by atoms with Crippen LogP contribution in [0.25, 0.3) is 22.6 Å². The van der Waals surface area contributed by atoms with Crippen molar-refractivity contribution in [1.82, 2.24) is 39.9 Å². The minimum absolute atomic E-state index is 0.0436. The van der Waals surface area contributed by atoms with Crippen molar-refractivity contribution in [3.8, 4) is 22.6 Å². The second-order valence-corrected chi connectivity index (χ2v) is 11.5. The number of pyridine rings is 2. The molecule has 0 aliphatic heterocycles. The lowest BCUT2D eigenvalue weighted by atomic mass is 10.0. The van der Waals surface area contributed by atoms with E-state index < -0.39 is 4.92 Å². The summed E-state index contributed by atoms with van der Waals surface area (Å²) in [7, 11) is 0. The highest BCUT2D eigenvalue weighted by Gasteiger charge is 2.11. The van der Waals surface area contributed by atoms with Crippen molar-refractivity contribution in [1.29, 1.82) is 0 Å². The predicted octanol–water partition coefficient (Wildman–Crippen LogP) is 6.41. The third-order valence-electron chi connectivity index (χ3n) is 7.68. The molecule has 0 spiro atoms. The maximum absolute atomic E-state index is 10.6. The van der Waals surface area contributed by atoms with Crippen molar-refractivity contribution in [3.63, 3.8) is 0 Å². The average molecular weight is 720 g/mol. The molecule has 54 heavy (non-hydrogen) atoms. The molecule has 0 unspecified atom stereocenters. The lowest BCUT2D eigenvalue weighted by Gasteiger charge is -2.12. The minimum atomic E-state index is -0.486. The highest BCUT2D eigenvalue weighted by Crippen LogP contribution is 2.24. The first-order valence-corrected chi connectivity index (χ1v) is 17.1. The summed E-state index contributed by atoms with van der Waals surface area (Å²) in [5.74, 6) is 2.52. The Kier molecular flexibility index (Phi) is 13.0. The monoisotopic (exact) mass is 719 g/mol. The molecule has 15 heteroatoms. The van der Waals surface area contributed by atoms with Crippen molar-refractivity contribution in [2.75, 3.05) is 47.4 Å². The molecule has 5 aromatic heterocycles. The lowest BCUT2D eigenvalue weighted by molar-refractivity contribution is -0.385. The molecule has 7 rings (SSSR count). The van der Waals surface area contributed by atoms with Gasteiger partial charge in [-0.3, -0.25) is 20.1 Å². The second-order valence-electron chi connectivity index (χ2n) is 11.5. The van der Waals surface area contributed by atoms with Gasteiger partial charge in [-0.05, 0) is 29.8 Å². The summed E-state index contributed by atoms with van der Waals surface area (Å²) in [6.45, 7) is 2.52. The molecule has 4 N–H and O–H groups in total. The van der Waals surface area contributed by atoms with E-state index in [0.29, 0.717) is 48.7 Å². The van der Waals surface area contributed by atoms with Crippen LogP contribution in [-0.4, -0.2) is 71.0 Å². The smallest absolute Gasteiger partial charge is 0.287 e. The van der Waals surface area contributed by atoms with Crippen molar-refractivity contribution >= 4 is 29.2 Å². The molecule has 270 valence electrons. The van der Waals surface area contributed by atoms with Crippen molar-refractivity contribution < 1.29 is 4.92 Å². The maximum Gasteiger partial charge on any atom is 0.287 e. The molecule has 0 saturated carbocycles. The summed E-state index contributed by atoms with van der Waals surface area (Å²) in [5, 5.41) is 23.3. The molecule has 7 aromatic rings. The number of nitrogens with one attached hydrogen (secondary N) is 4. The molecule has 0 atom stereocenters. The Labute approximate surface area is 311 Å². The molecule has 0 bridgehead atoms. The van der Waals surface area contributed by atoms with Gasteiger partial charge in [0.1, 0.15) is 23.5 Å². The zero-order valence-electron chi connectivity index (χ0n) is 29.2. The Bertz CT molecular complexity index is 2180. The average Bonchev–Trinajstić information content (AvgIpc) is 3.23. The third-order valence-corrected chi connectivity index (χ3v) is 7.68. The third kappa shape index (κ3) is 11.0. The quantitative estimate of drug-likeness (QED) is 0.0515. The van der Waals surface area contributed by atoms with Crippen LogP contribution in [0.5, 0.6) is 0 Å². The van der Waals surface area contributed by atoms with Crippen LogP contribution in [-0.2, 0) is 6.42 Å². The van der Waals surface area contributed by atoms with E-state index >= 15 is 0 Å². The van der Waals surface area contributed by atoms with E-state index in [1.807, 2.05) is 48.7 Å². The highest BCUT2D eigenvalue weighted by molar-refractivity contribution is 5.64. The Morgan fingerprint density at radius 3 is 1.91 bits per heavy atom. The van der Waals surface area contributed by atoms with Crippen LogP contribution in [0.15, 0.2) is 140 Å². The van der Waals surface area contributed by atoms with Crippen molar-refractivity contribution in [2.24, 2.45) is 0 Å². The van der Waals surface area contributed by atoms with E-state index in [2.05, 4.69) is 92.6 Å². The Morgan fingerprint density at radius 1 is 0.537 bits per heavy atom. The Balaban J connectivity index is 0.000000186. The van der Waals surface area contributed by atoms with Gasteiger partial charge in [-0.15, -0.1) is 0 Å². The van der Waals surface area contributed by atoms with Crippen LogP contribution >= 0.6 is 0 Å². The van der Waals surface area contributed by atoms with E-state index in [1.165, 1.54) is 17.8 Å². The van der Waals surface area contributed by atoms with E-state index in [4.69, 9.17) is 4.98 Å². The number of hydrogen-bond donors (Lipinski definition) is 4. The fourth-order valence-corrected chi connectivity index (χ4v) is 5.10. The topological polar surface area (TPSA) is 194 Å². The molecule has 0 radical (unpaired) electrons. The lowest BCUT2D eigenvalue weighted by Crippen LogP contribution is -2.16. The summed E-state index contributed by atoms with van der Waals surface area (Å²) in [6, 6.07) is 31.2. The van der Waals surface area contributed by atoms with Gasteiger partial charge in [-0.2, -0.15) is 0 Å². The fraction of sp³-hybridized carbons (Fsp3) is 0.128. The van der Waals surface area contributed by atoms with Gasteiger partial charge in [0.15, 0.2) is 0 Å². The number of aromatic nitrogens is 8. The van der Waals surface area contributed by atoms with Crippen LogP contribution in [0.4, 0.5) is 29.2 Å². The molecule has 0 saturated heterocycles. The van der Waals surface area contributed by atoms with Gasteiger partial charge < -0.3 is 21.3 Å². The van der Waals surface area contributed by atoms with Gasteiger partial charge in [0.2, 0.25) is 11.9 Å². The summed E-state index contributed by atoms with van der Waals surface area (Å²) in [4.78, 5) is 44.4. The SMILES string of the molecule is O=[N+]([O-])c1ccc(NCCNc2nccc(-c3cnccn3)n2)nc1.c1ccc(Cc2cnc(NCCNc3ccccn3)nc2-c2ccccc2)cc1. The molecular formula is C39H37N13O2. The van der Waals surface area contributed by atoms with Crippen LogP contribution < -0.4 is 21.3 Å². The molecule has 2 aromatic carbocycles. The first-order chi connectivity index (χ1) is 26.6. The summed E-state index contributed by atoms with van der Waals surface area (Å²) >= 11 is 0. The van der Waals surface area contributed by atoms with E-state index in [-0.39, 0.29) is 5.69 Å². The van der Waals surface area contributed by atoms with Crippen LogP contribution in [0, 0.1) is 10.1 Å². The van der Waals surface area contributed by atoms with Gasteiger partial charge in [0, 0.05) is 80.8 Å². The van der Waals surface area contributed by atoms with Gasteiger partial charge in [0.05, 0.1) is 22.5 Å². The van der Waals surface area contributed by atoms with Gasteiger partial charge >= 0.3 is 0 Å². The highest BCUT2D eigenvalue weighted by atomic mass is 16.6. The van der Waals surface area contributed by atoms with Crippen LogP contribution in [0.1, 0.15) is 11.1 Å². The van der Waals surface area contributed by atoms with E-state index in [1.54, 1.807) is 43.1 Å². The zero-order chi connectivity index (χ0) is 37.2. The largest absolute Gasteiger partial charge is 0.368 e. The minimum Gasteiger partial charge on any atom is -0.368 e. The maximum atomic E-state index is 10.6. The predicted molar refractivity (Wildman–Crippen MR) is 209 cm³/mol. The van der Waals surface area contributed by atoms with E-state index in [0.717, 1.165) is 35.6 Å².